The van der Waals surface area contributed by atoms with Gasteiger partial charge in [-0.2, -0.15) is 0 Å². The minimum absolute atomic E-state index is 0.0419. The fourth-order valence-electron chi connectivity index (χ4n) is 2.07. The maximum atomic E-state index is 10.7. The number of furan rings is 2. The summed E-state index contributed by atoms with van der Waals surface area (Å²) in [5.74, 6) is 2.15. The summed E-state index contributed by atoms with van der Waals surface area (Å²) in [6.07, 6.45) is 4.44. The highest BCUT2D eigenvalue weighted by Gasteiger charge is 2.14. The Morgan fingerprint density at radius 1 is 1.05 bits per heavy atom. The van der Waals surface area contributed by atoms with Crippen molar-refractivity contribution in [1.29, 1.82) is 0 Å². The van der Waals surface area contributed by atoms with Crippen molar-refractivity contribution in [3.05, 3.63) is 76.8 Å². The Balaban J connectivity index is 1.84. The van der Waals surface area contributed by atoms with Gasteiger partial charge in [0.25, 0.3) is 5.69 Å². The molecule has 7 heteroatoms. The van der Waals surface area contributed by atoms with Crippen molar-refractivity contribution in [2.75, 3.05) is 4.90 Å². The molecule has 0 aliphatic rings. The van der Waals surface area contributed by atoms with E-state index in [1.807, 2.05) is 29.2 Å². The third kappa shape index (κ3) is 3.14. The van der Waals surface area contributed by atoms with Crippen molar-refractivity contribution in [3.8, 4) is 0 Å². The Kier molecular flexibility index (Phi) is 3.86. The first-order valence-corrected chi connectivity index (χ1v) is 6.62. The SMILES string of the molecule is O=[N+]([O-])c1ccc(N(Cc2ccco2)Cc2ccco2)nc1. The average molecular weight is 299 g/mol. The molecule has 0 saturated heterocycles. The molecular formula is C15H13N3O4. The van der Waals surface area contributed by atoms with Gasteiger partial charge in [0.15, 0.2) is 0 Å². The van der Waals surface area contributed by atoms with Gasteiger partial charge >= 0.3 is 0 Å². The van der Waals surface area contributed by atoms with Crippen LogP contribution in [0.15, 0.2) is 64.0 Å². The van der Waals surface area contributed by atoms with Crippen LogP contribution in [0.5, 0.6) is 0 Å². The Hall–Kier alpha value is -3.09. The number of rotatable bonds is 6. The average Bonchev–Trinajstić information content (AvgIpc) is 3.20. The van der Waals surface area contributed by atoms with Crippen molar-refractivity contribution >= 4 is 11.5 Å². The third-order valence-electron chi connectivity index (χ3n) is 3.12. The Morgan fingerprint density at radius 2 is 1.68 bits per heavy atom. The molecule has 0 atom stereocenters. The molecule has 112 valence electrons. The molecule has 0 saturated carbocycles. The molecule has 0 unspecified atom stereocenters. The Bertz CT molecular complexity index is 685. The summed E-state index contributed by atoms with van der Waals surface area (Å²) in [6, 6.07) is 10.4. The molecule has 7 nitrogen and oxygen atoms in total. The van der Waals surface area contributed by atoms with Crippen LogP contribution in [0.4, 0.5) is 11.5 Å². The van der Waals surface area contributed by atoms with E-state index >= 15 is 0 Å². The van der Waals surface area contributed by atoms with E-state index in [4.69, 9.17) is 8.83 Å². The van der Waals surface area contributed by atoms with Gasteiger partial charge in [-0.25, -0.2) is 4.98 Å². The first-order valence-electron chi connectivity index (χ1n) is 6.62. The largest absolute Gasteiger partial charge is 0.467 e. The van der Waals surface area contributed by atoms with Crippen LogP contribution in [0, 0.1) is 10.1 Å². The summed E-state index contributed by atoms with van der Waals surface area (Å²) < 4.78 is 10.7. The number of nitrogens with zero attached hydrogens (tertiary/aromatic N) is 3. The Morgan fingerprint density at radius 3 is 2.09 bits per heavy atom. The number of anilines is 1. The highest BCUT2D eigenvalue weighted by atomic mass is 16.6. The van der Waals surface area contributed by atoms with Crippen molar-refractivity contribution in [2.24, 2.45) is 0 Å². The molecule has 0 fully saturated rings. The van der Waals surface area contributed by atoms with Gasteiger partial charge in [-0.15, -0.1) is 0 Å². The summed E-state index contributed by atoms with van der Waals surface area (Å²) in [5, 5.41) is 10.7. The molecule has 0 aromatic carbocycles. The van der Waals surface area contributed by atoms with E-state index in [1.54, 1.807) is 18.6 Å². The van der Waals surface area contributed by atoms with E-state index in [-0.39, 0.29) is 5.69 Å². The van der Waals surface area contributed by atoms with Crippen LogP contribution < -0.4 is 4.90 Å². The third-order valence-corrected chi connectivity index (χ3v) is 3.12. The van der Waals surface area contributed by atoms with E-state index < -0.39 is 4.92 Å². The van der Waals surface area contributed by atoms with E-state index in [1.165, 1.54) is 12.3 Å². The van der Waals surface area contributed by atoms with Crippen molar-refractivity contribution in [2.45, 2.75) is 13.1 Å². The van der Waals surface area contributed by atoms with Gasteiger partial charge in [-0.3, -0.25) is 10.1 Å². The molecule has 0 radical (unpaired) electrons. The lowest BCUT2D eigenvalue weighted by Crippen LogP contribution is -2.22. The maximum absolute atomic E-state index is 10.7. The van der Waals surface area contributed by atoms with Gasteiger partial charge in [0, 0.05) is 6.07 Å². The lowest BCUT2D eigenvalue weighted by molar-refractivity contribution is -0.385. The van der Waals surface area contributed by atoms with Gasteiger partial charge in [-0.1, -0.05) is 0 Å². The minimum atomic E-state index is -0.472. The molecule has 0 spiro atoms. The zero-order chi connectivity index (χ0) is 15.4. The zero-order valence-electron chi connectivity index (χ0n) is 11.6. The second-order valence-electron chi connectivity index (χ2n) is 4.65. The number of pyridine rings is 1. The molecule has 3 aromatic heterocycles. The van der Waals surface area contributed by atoms with Gasteiger partial charge in [0.2, 0.25) is 0 Å². The number of nitro groups is 1. The second-order valence-corrected chi connectivity index (χ2v) is 4.65. The van der Waals surface area contributed by atoms with Gasteiger partial charge in [0.05, 0.1) is 30.5 Å². The standard InChI is InChI=1S/C15H13N3O4/c19-18(20)12-5-6-15(16-9-12)17(10-13-3-1-7-21-13)11-14-4-2-8-22-14/h1-9H,10-11H2. The maximum Gasteiger partial charge on any atom is 0.287 e. The normalized spacial score (nSPS) is 10.5. The van der Waals surface area contributed by atoms with Gasteiger partial charge < -0.3 is 13.7 Å². The van der Waals surface area contributed by atoms with E-state index in [9.17, 15) is 10.1 Å². The highest BCUT2D eigenvalue weighted by Crippen LogP contribution is 2.20. The summed E-state index contributed by atoms with van der Waals surface area (Å²) in [4.78, 5) is 16.3. The predicted molar refractivity (Wildman–Crippen MR) is 78.2 cm³/mol. The summed E-state index contributed by atoms with van der Waals surface area (Å²) in [5.41, 5.74) is -0.0419. The molecule has 0 aliphatic carbocycles. The molecule has 0 amide bonds. The summed E-state index contributed by atoms with van der Waals surface area (Å²) in [7, 11) is 0. The zero-order valence-corrected chi connectivity index (χ0v) is 11.6. The first-order chi connectivity index (χ1) is 10.7. The second kappa shape index (κ2) is 6.13. The van der Waals surface area contributed by atoms with E-state index in [0.29, 0.717) is 18.9 Å². The smallest absolute Gasteiger partial charge is 0.287 e. The highest BCUT2D eigenvalue weighted by molar-refractivity contribution is 5.43. The van der Waals surface area contributed by atoms with Gasteiger partial charge in [-0.05, 0) is 30.3 Å². The van der Waals surface area contributed by atoms with Gasteiger partial charge in [0.1, 0.15) is 23.5 Å². The lowest BCUT2D eigenvalue weighted by atomic mass is 10.3. The topological polar surface area (TPSA) is 85.5 Å². The van der Waals surface area contributed by atoms with Crippen LogP contribution in [-0.2, 0) is 13.1 Å². The fraction of sp³-hybridized carbons (Fsp3) is 0.133. The molecule has 0 bridgehead atoms. The van der Waals surface area contributed by atoms with Crippen molar-refractivity contribution in [3.63, 3.8) is 0 Å². The summed E-state index contributed by atoms with van der Waals surface area (Å²) in [6.45, 7) is 0.969. The Labute approximate surface area is 125 Å². The number of aromatic nitrogens is 1. The monoisotopic (exact) mass is 299 g/mol. The van der Waals surface area contributed by atoms with E-state index in [2.05, 4.69) is 4.98 Å². The van der Waals surface area contributed by atoms with Crippen LogP contribution in [0.1, 0.15) is 11.5 Å². The number of hydrogen-bond donors (Lipinski definition) is 0. The van der Waals surface area contributed by atoms with Crippen molar-refractivity contribution in [1.82, 2.24) is 4.98 Å². The molecular weight excluding hydrogens is 286 g/mol. The number of hydrogen-bond acceptors (Lipinski definition) is 6. The van der Waals surface area contributed by atoms with Crippen LogP contribution >= 0.6 is 0 Å². The molecule has 3 rings (SSSR count). The summed E-state index contributed by atoms with van der Waals surface area (Å²) >= 11 is 0. The van der Waals surface area contributed by atoms with E-state index in [0.717, 1.165) is 11.5 Å². The van der Waals surface area contributed by atoms with Crippen LogP contribution in [0.3, 0.4) is 0 Å². The molecule has 0 aliphatic heterocycles. The molecule has 22 heavy (non-hydrogen) atoms. The molecule has 3 aromatic rings. The first kappa shape index (κ1) is 13.9. The quantitative estimate of drug-likeness (QED) is 0.512. The van der Waals surface area contributed by atoms with Crippen LogP contribution in [0.25, 0.3) is 0 Å². The minimum Gasteiger partial charge on any atom is -0.467 e. The molecule has 3 heterocycles. The fourth-order valence-corrected chi connectivity index (χ4v) is 2.07. The lowest BCUT2D eigenvalue weighted by Gasteiger charge is -2.21. The predicted octanol–water partition coefficient (Wildman–Crippen LogP) is 3.38. The molecule has 0 N–H and O–H groups in total. The van der Waals surface area contributed by atoms with Crippen molar-refractivity contribution < 1.29 is 13.8 Å². The van der Waals surface area contributed by atoms with Crippen LogP contribution in [0.2, 0.25) is 0 Å². The van der Waals surface area contributed by atoms with Crippen LogP contribution in [-0.4, -0.2) is 9.91 Å².